The van der Waals surface area contributed by atoms with Crippen LogP contribution in [0.3, 0.4) is 0 Å². The zero-order chi connectivity index (χ0) is 20.9. The molecule has 31 heavy (non-hydrogen) atoms. The summed E-state index contributed by atoms with van der Waals surface area (Å²) in [7, 11) is 0. The molecule has 1 saturated heterocycles. The predicted molar refractivity (Wildman–Crippen MR) is 124 cm³/mol. The van der Waals surface area contributed by atoms with Gasteiger partial charge < -0.3 is 5.32 Å². The summed E-state index contributed by atoms with van der Waals surface area (Å²) < 4.78 is 0. The minimum absolute atomic E-state index is 0.132. The van der Waals surface area contributed by atoms with E-state index in [1.54, 1.807) is 0 Å². The van der Waals surface area contributed by atoms with E-state index < -0.39 is 0 Å². The molecule has 3 nitrogen and oxygen atoms in total. The quantitative estimate of drug-likeness (QED) is 0.754. The van der Waals surface area contributed by atoms with Gasteiger partial charge in [-0.3, -0.25) is 9.69 Å². The van der Waals surface area contributed by atoms with Gasteiger partial charge in [-0.1, -0.05) is 60.7 Å². The van der Waals surface area contributed by atoms with Crippen LogP contribution >= 0.6 is 0 Å². The highest BCUT2D eigenvalue weighted by atomic mass is 16.2. The Kier molecular flexibility index (Phi) is 4.72. The zero-order valence-electron chi connectivity index (χ0n) is 18.4. The molecule has 4 bridgehead atoms. The molecule has 0 radical (unpaired) electrons. The summed E-state index contributed by atoms with van der Waals surface area (Å²) in [6, 6.07) is 22.1. The number of likely N-dealkylation sites (tertiary alicyclic amines) is 1. The molecular formula is C28H34N2O. The Morgan fingerprint density at radius 3 is 2.32 bits per heavy atom. The fourth-order valence-electron chi connectivity index (χ4n) is 7.93. The van der Waals surface area contributed by atoms with Crippen molar-refractivity contribution in [3.63, 3.8) is 0 Å². The molecule has 2 aromatic carbocycles. The van der Waals surface area contributed by atoms with Crippen LogP contribution in [0, 0.1) is 17.3 Å². The maximum Gasteiger partial charge on any atom is 0.226 e. The highest BCUT2D eigenvalue weighted by Gasteiger charge is 2.61. The Hall–Kier alpha value is -2.13. The number of carbonyl (C=O) groups excluding carboxylic acids is 1. The van der Waals surface area contributed by atoms with Crippen molar-refractivity contribution in [1.29, 1.82) is 0 Å². The minimum atomic E-state index is -0.132. The van der Waals surface area contributed by atoms with Gasteiger partial charge in [0.1, 0.15) is 0 Å². The molecule has 4 aliphatic carbocycles. The summed E-state index contributed by atoms with van der Waals surface area (Å²) in [6.45, 7) is 3.04. The van der Waals surface area contributed by atoms with Gasteiger partial charge in [0.2, 0.25) is 5.91 Å². The van der Waals surface area contributed by atoms with Gasteiger partial charge in [0, 0.05) is 25.7 Å². The number of nitrogens with zero attached hydrogens (tertiary/aromatic N) is 1. The molecule has 1 N–H and O–H groups in total. The van der Waals surface area contributed by atoms with Crippen molar-refractivity contribution in [3.8, 4) is 0 Å². The van der Waals surface area contributed by atoms with Crippen LogP contribution in [0.4, 0.5) is 0 Å². The lowest BCUT2D eigenvalue weighted by molar-refractivity contribution is -0.149. The highest BCUT2D eigenvalue weighted by Crippen LogP contribution is 2.65. The average Bonchev–Trinajstić information content (AvgIpc) is 3.21. The first-order valence-electron chi connectivity index (χ1n) is 12.3. The Balaban J connectivity index is 1.16. The van der Waals surface area contributed by atoms with E-state index in [1.807, 2.05) is 0 Å². The number of nitrogens with one attached hydrogen (secondary N) is 1. The van der Waals surface area contributed by atoms with Crippen LogP contribution in [0.1, 0.15) is 56.1 Å². The third-order valence-electron chi connectivity index (χ3n) is 8.79. The normalized spacial score (nSPS) is 36.6. The van der Waals surface area contributed by atoms with Crippen molar-refractivity contribution in [2.75, 3.05) is 13.1 Å². The summed E-state index contributed by atoms with van der Waals surface area (Å²) in [5.74, 6) is 1.82. The molecule has 3 atom stereocenters. The largest absolute Gasteiger partial charge is 0.352 e. The minimum Gasteiger partial charge on any atom is -0.352 e. The molecular weight excluding hydrogens is 380 g/mol. The predicted octanol–water partition coefficient (Wildman–Crippen LogP) is 4.92. The van der Waals surface area contributed by atoms with Crippen LogP contribution < -0.4 is 5.32 Å². The third kappa shape index (κ3) is 3.51. The molecule has 5 fully saturated rings. The van der Waals surface area contributed by atoms with Crippen molar-refractivity contribution >= 4 is 5.91 Å². The Labute approximate surface area is 186 Å². The molecule has 7 rings (SSSR count). The lowest BCUT2D eigenvalue weighted by Gasteiger charge is -2.61. The molecule has 162 valence electrons. The number of carbonyl (C=O) groups is 1. The monoisotopic (exact) mass is 414 g/mol. The first-order valence-corrected chi connectivity index (χ1v) is 12.3. The summed E-state index contributed by atoms with van der Waals surface area (Å²) in [5, 5.41) is 3.54. The topological polar surface area (TPSA) is 32.3 Å². The number of amides is 1. The summed E-state index contributed by atoms with van der Waals surface area (Å²) >= 11 is 0. The van der Waals surface area contributed by atoms with E-state index in [9.17, 15) is 4.79 Å². The van der Waals surface area contributed by atoms with Gasteiger partial charge in [0.25, 0.3) is 0 Å². The number of hydrogen-bond acceptors (Lipinski definition) is 2. The Morgan fingerprint density at radius 2 is 1.61 bits per heavy atom. The first-order chi connectivity index (χ1) is 15.1. The fraction of sp³-hybridized carbons (Fsp3) is 0.536. The van der Waals surface area contributed by atoms with Crippen LogP contribution in [0.2, 0.25) is 0 Å². The second-order valence-electron chi connectivity index (χ2n) is 11.1. The SMILES string of the molecule is O=C(N[C@H]1CCN(Cc2ccccc2)C1)C12CC3CC(C1)CC(c1ccccc1)(C3)C2. The van der Waals surface area contributed by atoms with Gasteiger partial charge in [0.15, 0.2) is 0 Å². The van der Waals surface area contributed by atoms with Crippen molar-refractivity contribution < 1.29 is 4.79 Å². The second-order valence-corrected chi connectivity index (χ2v) is 11.1. The van der Waals surface area contributed by atoms with Crippen molar-refractivity contribution in [3.05, 3.63) is 71.8 Å². The van der Waals surface area contributed by atoms with Gasteiger partial charge in [0.05, 0.1) is 5.41 Å². The molecule has 1 amide bonds. The van der Waals surface area contributed by atoms with Crippen molar-refractivity contribution in [2.45, 2.75) is 62.9 Å². The molecule has 2 unspecified atom stereocenters. The molecule has 1 aliphatic heterocycles. The Bertz CT molecular complexity index is 926. The van der Waals surface area contributed by atoms with E-state index in [4.69, 9.17) is 0 Å². The van der Waals surface area contributed by atoms with E-state index in [0.29, 0.717) is 11.9 Å². The molecule has 5 aliphatic rings. The van der Waals surface area contributed by atoms with Crippen molar-refractivity contribution in [2.24, 2.45) is 17.3 Å². The lowest BCUT2D eigenvalue weighted by Crippen LogP contribution is -2.60. The molecule has 4 saturated carbocycles. The van der Waals surface area contributed by atoms with E-state index in [2.05, 4.69) is 70.9 Å². The zero-order valence-corrected chi connectivity index (χ0v) is 18.4. The number of benzene rings is 2. The second kappa shape index (κ2) is 7.48. The highest BCUT2D eigenvalue weighted by molar-refractivity contribution is 5.84. The van der Waals surface area contributed by atoms with Crippen LogP contribution in [-0.4, -0.2) is 29.9 Å². The summed E-state index contributed by atoms with van der Waals surface area (Å²) in [6.07, 6.45) is 8.29. The van der Waals surface area contributed by atoms with Gasteiger partial charge in [-0.15, -0.1) is 0 Å². The van der Waals surface area contributed by atoms with Gasteiger partial charge in [-0.25, -0.2) is 0 Å². The number of rotatable bonds is 5. The molecule has 1 heterocycles. The van der Waals surface area contributed by atoms with Crippen molar-refractivity contribution in [1.82, 2.24) is 10.2 Å². The van der Waals surface area contributed by atoms with E-state index in [1.165, 1.54) is 30.4 Å². The fourth-order valence-corrected chi connectivity index (χ4v) is 7.93. The average molecular weight is 415 g/mol. The van der Waals surface area contributed by atoms with E-state index >= 15 is 0 Å². The van der Waals surface area contributed by atoms with Gasteiger partial charge in [-0.05, 0) is 73.3 Å². The first kappa shape index (κ1) is 19.5. The van der Waals surface area contributed by atoms with Gasteiger partial charge in [-0.2, -0.15) is 0 Å². The van der Waals surface area contributed by atoms with Crippen LogP contribution in [0.5, 0.6) is 0 Å². The Morgan fingerprint density at radius 1 is 0.935 bits per heavy atom. The molecule has 2 aromatic rings. The molecule has 3 heteroatoms. The van der Waals surface area contributed by atoms with Crippen LogP contribution in [0.15, 0.2) is 60.7 Å². The maximum absolute atomic E-state index is 13.8. The van der Waals surface area contributed by atoms with Gasteiger partial charge >= 0.3 is 0 Å². The molecule has 0 spiro atoms. The lowest BCUT2D eigenvalue weighted by atomic mass is 9.42. The van der Waals surface area contributed by atoms with Crippen LogP contribution in [0.25, 0.3) is 0 Å². The standard InChI is InChI=1S/C28H34N2O/c31-26(29-25-11-12-30(19-25)18-21-7-3-1-4-8-21)28-16-22-13-23(17-28)15-27(14-22,20-28)24-9-5-2-6-10-24/h1-10,22-23,25H,11-20H2,(H,29,31)/t22?,23?,25-,27?,28?/m0/s1. The maximum atomic E-state index is 13.8. The van der Waals surface area contributed by atoms with E-state index in [0.717, 1.165) is 57.2 Å². The summed E-state index contributed by atoms with van der Waals surface area (Å²) in [4.78, 5) is 16.3. The van der Waals surface area contributed by atoms with Crippen LogP contribution in [-0.2, 0) is 16.8 Å². The smallest absolute Gasteiger partial charge is 0.226 e. The number of hydrogen-bond donors (Lipinski definition) is 1. The molecule has 0 aromatic heterocycles. The third-order valence-corrected chi connectivity index (χ3v) is 8.79. The van der Waals surface area contributed by atoms with E-state index in [-0.39, 0.29) is 10.8 Å². The summed E-state index contributed by atoms with van der Waals surface area (Å²) in [5.41, 5.74) is 2.95.